The molecule has 0 radical (unpaired) electrons. The van der Waals surface area contributed by atoms with E-state index in [1.807, 2.05) is 6.92 Å². The van der Waals surface area contributed by atoms with Crippen LogP contribution in [0, 0.1) is 5.92 Å². The molecule has 0 heterocycles. The van der Waals surface area contributed by atoms with Crippen molar-refractivity contribution in [2.45, 2.75) is 34.1 Å². The second-order valence-electron chi connectivity index (χ2n) is 3.45. The minimum absolute atomic E-state index is 0.685. The summed E-state index contributed by atoms with van der Waals surface area (Å²) < 4.78 is 0. The molecule has 0 rings (SSSR count). The summed E-state index contributed by atoms with van der Waals surface area (Å²) in [6, 6.07) is 0. The van der Waals surface area contributed by atoms with E-state index in [-0.39, 0.29) is 0 Å². The van der Waals surface area contributed by atoms with Crippen LogP contribution < -0.4 is 0 Å². The van der Waals surface area contributed by atoms with Crippen LogP contribution in [0.15, 0.2) is 24.6 Å². The molecule has 0 fully saturated rings. The highest BCUT2D eigenvalue weighted by molar-refractivity contribution is 4.99. The summed E-state index contributed by atoms with van der Waals surface area (Å²) in [5.41, 5.74) is 1.20. The van der Waals surface area contributed by atoms with Crippen LogP contribution in [0.4, 0.5) is 0 Å². The van der Waals surface area contributed by atoms with Crippen LogP contribution in [0.3, 0.4) is 0 Å². The summed E-state index contributed by atoms with van der Waals surface area (Å²) in [4.78, 5) is 2.23. The predicted octanol–water partition coefficient (Wildman–Crippen LogP) is 3.40. The highest BCUT2D eigenvalue weighted by Crippen LogP contribution is 2.09. The van der Waals surface area contributed by atoms with E-state index in [9.17, 15) is 0 Å². The van der Waals surface area contributed by atoms with Gasteiger partial charge in [0.1, 0.15) is 0 Å². The lowest BCUT2D eigenvalue weighted by Gasteiger charge is -2.23. The second-order valence-corrected chi connectivity index (χ2v) is 3.45. The Hall–Kier alpha value is -0.720. The molecule has 0 aliphatic rings. The lowest BCUT2D eigenvalue weighted by molar-refractivity contribution is 0.389. The fraction of sp³-hybridized carbons (Fsp3) is 0.636. The lowest BCUT2D eigenvalue weighted by atomic mass is 10.2. The molecule has 12 heavy (non-hydrogen) atoms. The molecular formula is C11H21N. The Morgan fingerprint density at radius 1 is 1.50 bits per heavy atom. The molecule has 0 saturated carbocycles. The monoisotopic (exact) mass is 167 g/mol. The van der Waals surface area contributed by atoms with Crippen LogP contribution in [0.25, 0.3) is 0 Å². The Kier molecular flexibility index (Phi) is 5.52. The van der Waals surface area contributed by atoms with Gasteiger partial charge in [-0.25, -0.2) is 0 Å². The first-order valence-corrected chi connectivity index (χ1v) is 4.69. The van der Waals surface area contributed by atoms with Crippen molar-refractivity contribution in [1.82, 2.24) is 4.90 Å². The smallest absolute Gasteiger partial charge is 0.0244 e. The molecular weight excluding hydrogens is 146 g/mol. The molecule has 0 aliphatic carbocycles. The van der Waals surface area contributed by atoms with Crippen molar-refractivity contribution < 1.29 is 0 Å². The topological polar surface area (TPSA) is 3.24 Å². The Morgan fingerprint density at radius 2 is 2.08 bits per heavy atom. The Bertz CT molecular complexity index is 156. The van der Waals surface area contributed by atoms with E-state index in [0.717, 1.165) is 13.0 Å². The van der Waals surface area contributed by atoms with Gasteiger partial charge in [0.25, 0.3) is 0 Å². The van der Waals surface area contributed by atoms with E-state index in [2.05, 4.69) is 44.5 Å². The van der Waals surface area contributed by atoms with Gasteiger partial charge in [0.15, 0.2) is 0 Å². The standard InChI is InChI=1S/C11H21N/c1-6-8-12(9-10(3)4)11(5)7-2/h6,8,10H,5,7,9H2,1-4H3/b8-6-. The fourth-order valence-corrected chi connectivity index (χ4v) is 1.07. The molecule has 0 aromatic heterocycles. The molecule has 0 aromatic rings. The summed E-state index contributed by atoms with van der Waals surface area (Å²) in [5.74, 6) is 0.685. The van der Waals surface area contributed by atoms with Gasteiger partial charge in [0.05, 0.1) is 0 Å². The summed E-state index contributed by atoms with van der Waals surface area (Å²) in [6.07, 6.45) is 5.19. The third-order valence-electron chi connectivity index (χ3n) is 1.71. The number of nitrogens with zero attached hydrogens (tertiary/aromatic N) is 1. The van der Waals surface area contributed by atoms with Crippen LogP contribution >= 0.6 is 0 Å². The maximum absolute atomic E-state index is 4.02. The van der Waals surface area contributed by atoms with Crippen molar-refractivity contribution in [3.63, 3.8) is 0 Å². The summed E-state index contributed by atoms with van der Waals surface area (Å²) in [5, 5.41) is 0. The molecule has 0 N–H and O–H groups in total. The van der Waals surface area contributed by atoms with Crippen LogP contribution in [0.1, 0.15) is 34.1 Å². The van der Waals surface area contributed by atoms with Gasteiger partial charge in [-0.05, 0) is 25.5 Å². The molecule has 0 aromatic carbocycles. The Labute approximate surface area is 76.8 Å². The third kappa shape index (κ3) is 4.22. The van der Waals surface area contributed by atoms with Crippen LogP contribution in [0.2, 0.25) is 0 Å². The van der Waals surface area contributed by atoms with Gasteiger partial charge in [-0.15, -0.1) is 0 Å². The first-order chi connectivity index (χ1) is 5.61. The molecule has 0 amide bonds. The second kappa shape index (κ2) is 5.87. The quantitative estimate of drug-likeness (QED) is 0.606. The third-order valence-corrected chi connectivity index (χ3v) is 1.71. The average Bonchev–Trinajstić information content (AvgIpc) is 2.01. The van der Waals surface area contributed by atoms with Crippen LogP contribution in [-0.4, -0.2) is 11.4 Å². The first-order valence-electron chi connectivity index (χ1n) is 4.69. The molecule has 70 valence electrons. The number of rotatable bonds is 5. The van der Waals surface area contributed by atoms with Gasteiger partial charge in [-0.1, -0.05) is 33.4 Å². The Morgan fingerprint density at radius 3 is 2.42 bits per heavy atom. The molecule has 0 unspecified atom stereocenters. The van der Waals surface area contributed by atoms with Gasteiger partial charge in [-0.2, -0.15) is 0 Å². The molecule has 1 heteroatoms. The number of hydrogen-bond donors (Lipinski definition) is 0. The minimum atomic E-state index is 0.685. The zero-order chi connectivity index (χ0) is 9.56. The van der Waals surface area contributed by atoms with Gasteiger partial charge < -0.3 is 4.90 Å². The molecule has 0 saturated heterocycles. The average molecular weight is 167 g/mol. The number of hydrogen-bond acceptors (Lipinski definition) is 1. The van der Waals surface area contributed by atoms with Crippen molar-refractivity contribution in [3.05, 3.63) is 24.6 Å². The largest absolute Gasteiger partial charge is 0.352 e. The van der Waals surface area contributed by atoms with E-state index in [4.69, 9.17) is 0 Å². The van der Waals surface area contributed by atoms with Crippen molar-refractivity contribution >= 4 is 0 Å². The molecule has 1 nitrogen and oxygen atoms in total. The summed E-state index contributed by atoms with van der Waals surface area (Å²) >= 11 is 0. The van der Waals surface area contributed by atoms with E-state index in [1.54, 1.807) is 0 Å². The SMILES string of the molecule is C=C(CC)N(/C=C\C)CC(C)C. The fourth-order valence-electron chi connectivity index (χ4n) is 1.07. The highest BCUT2D eigenvalue weighted by atomic mass is 15.1. The van der Waals surface area contributed by atoms with Crippen molar-refractivity contribution in [1.29, 1.82) is 0 Å². The normalized spacial score (nSPS) is 11.1. The van der Waals surface area contributed by atoms with E-state index >= 15 is 0 Å². The van der Waals surface area contributed by atoms with Crippen LogP contribution in [0.5, 0.6) is 0 Å². The maximum atomic E-state index is 4.02. The van der Waals surface area contributed by atoms with Gasteiger partial charge in [0.2, 0.25) is 0 Å². The zero-order valence-corrected chi connectivity index (χ0v) is 8.80. The molecule has 0 aliphatic heterocycles. The molecule has 0 spiro atoms. The first kappa shape index (κ1) is 11.3. The van der Waals surface area contributed by atoms with Crippen molar-refractivity contribution in [2.24, 2.45) is 5.92 Å². The zero-order valence-electron chi connectivity index (χ0n) is 8.80. The van der Waals surface area contributed by atoms with E-state index in [1.165, 1.54) is 5.70 Å². The molecule has 0 bridgehead atoms. The van der Waals surface area contributed by atoms with E-state index < -0.39 is 0 Å². The van der Waals surface area contributed by atoms with Gasteiger partial charge in [0, 0.05) is 12.2 Å². The highest BCUT2D eigenvalue weighted by Gasteiger charge is 2.03. The van der Waals surface area contributed by atoms with Crippen LogP contribution in [-0.2, 0) is 0 Å². The van der Waals surface area contributed by atoms with Gasteiger partial charge >= 0.3 is 0 Å². The predicted molar refractivity (Wildman–Crippen MR) is 55.8 cm³/mol. The van der Waals surface area contributed by atoms with Crippen molar-refractivity contribution in [3.8, 4) is 0 Å². The molecule has 0 atom stereocenters. The summed E-state index contributed by atoms with van der Waals surface area (Å²) in [6.45, 7) is 13.7. The minimum Gasteiger partial charge on any atom is -0.352 e. The van der Waals surface area contributed by atoms with Crippen molar-refractivity contribution in [2.75, 3.05) is 6.54 Å². The number of allylic oxidation sites excluding steroid dienone is 2. The van der Waals surface area contributed by atoms with Gasteiger partial charge in [-0.3, -0.25) is 0 Å². The lowest BCUT2D eigenvalue weighted by Crippen LogP contribution is -2.20. The van der Waals surface area contributed by atoms with E-state index in [0.29, 0.717) is 5.92 Å². The summed E-state index contributed by atoms with van der Waals surface area (Å²) in [7, 11) is 0. The maximum Gasteiger partial charge on any atom is 0.0244 e. The Balaban J connectivity index is 4.13.